The number of amides is 1. The molecule has 0 aliphatic carbocycles. The highest BCUT2D eigenvalue weighted by atomic mass is 19.3. The molecule has 1 rings (SSSR count). The van der Waals surface area contributed by atoms with Crippen molar-refractivity contribution in [2.75, 3.05) is 25.2 Å². The van der Waals surface area contributed by atoms with Crippen molar-refractivity contribution in [3.8, 4) is 0 Å². The zero-order valence-corrected chi connectivity index (χ0v) is 10.9. The predicted octanol–water partition coefficient (Wildman–Crippen LogP) is 2.02. The van der Waals surface area contributed by atoms with Crippen LogP contribution >= 0.6 is 0 Å². The average molecular weight is 287 g/mol. The van der Waals surface area contributed by atoms with Gasteiger partial charge in [0.15, 0.2) is 0 Å². The van der Waals surface area contributed by atoms with Gasteiger partial charge in [0.1, 0.15) is 6.61 Å². The Morgan fingerprint density at radius 1 is 1.30 bits per heavy atom. The Kier molecular flexibility index (Phi) is 6.05. The van der Waals surface area contributed by atoms with Gasteiger partial charge in [-0.25, -0.2) is 13.6 Å². The minimum Gasteiger partial charge on any atom is -0.478 e. The van der Waals surface area contributed by atoms with Gasteiger partial charge in [-0.15, -0.1) is 0 Å². The fourth-order valence-electron chi connectivity index (χ4n) is 1.47. The number of anilines is 1. The first-order valence-corrected chi connectivity index (χ1v) is 5.87. The second kappa shape index (κ2) is 7.54. The number of halogens is 2. The molecule has 110 valence electrons. The number of carbonyl (C=O) groups is 2. The summed E-state index contributed by atoms with van der Waals surface area (Å²) in [5.74, 6) is -1.35. The number of alkyl halides is 2. The highest BCUT2D eigenvalue weighted by Crippen LogP contribution is 2.14. The third-order valence-corrected chi connectivity index (χ3v) is 2.58. The van der Waals surface area contributed by atoms with Gasteiger partial charge in [-0.05, 0) is 24.3 Å². The molecule has 7 heteroatoms. The number of benzene rings is 1. The molecule has 1 N–H and O–H groups in total. The number of nitrogens with zero attached hydrogens (tertiary/aromatic N) is 1. The first-order valence-electron chi connectivity index (χ1n) is 5.87. The molecule has 0 aromatic heterocycles. The number of carboxylic acid groups (broad SMARTS) is 1. The summed E-state index contributed by atoms with van der Waals surface area (Å²) in [5, 5.41) is 8.75. The Morgan fingerprint density at radius 2 is 1.90 bits per heavy atom. The fourth-order valence-corrected chi connectivity index (χ4v) is 1.47. The molecule has 0 saturated heterocycles. The minimum absolute atomic E-state index is 0.0239. The summed E-state index contributed by atoms with van der Waals surface area (Å²) < 4.78 is 28.3. The average Bonchev–Trinajstić information content (AvgIpc) is 2.42. The maximum absolute atomic E-state index is 11.8. The number of ether oxygens (including phenoxy) is 1. The Morgan fingerprint density at radius 3 is 2.40 bits per heavy atom. The summed E-state index contributed by atoms with van der Waals surface area (Å²) in [6.07, 6.45) is -2.57. The highest BCUT2D eigenvalue weighted by Gasteiger charge is 2.12. The molecule has 0 fully saturated rings. The van der Waals surface area contributed by atoms with Crippen LogP contribution in [-0.4, -0.2) is 43.7 Å². The van der Waals surface area contributed by atoms with E-state index in [-0.39, 0.29) is 24.5 Å². The van der Waals surface area contributed by atoms with Gasteiger partial charge in [0.2, 0.25) is 5.91 Å². The van der Waals surface area contributed by atoms with E-state index in [0.717, 1.165) is 0 Å². The van der Waals surface area contributed by atoms with Crippen LogP contribution in [0.4, 0.5) is 14.5 Å². The van der Waals surface area contributed by atoms with Crippen molar-refractivity contribution in [2.24, 2.45) is 0 Å². The molecule has 1 aromatic rings. The first kappa shape index (κ1) is 16.0. The van der Waals surface area contributed by atoms with E-state index in [1.807, 2.05) is 0 Å². The topological polar surface area (TPSA) is 66.8 Å². The van der Waals surface area contributed by atoms with Gasteiger partial charge in [-0.2, -0.15) is 0 Å². The van der Waals surface area contributed by atoms with E-state index in [1.54, 1.807) is 0 Å². The summed E-state index contributed by atoms with van der Waals surface area (Å²) in [5.41, 5.74) is 0.642. The van der Waals surface area contributed by atoms with E-state index in [9.17, 15) is 18.4 Å². The lowest BCUT2D eigenvalue weighted by Gasteiger charge is -2.17. The van der Waals surface area contributed by atoms with Crippen LogP contribution in [0.25, 0.3) is 0 Å². The smallest absolute Gasteiger partial charge is 0.335 e. The molecule has 0 unspecified atom stereocenters. The Balaban J connectivity index is 2.49. The first-order chi connectivity index (χ1) is 9.41. The van der Waals surface area contributed by atoms with Gasteiger partial charge in [0.25, 0.3) is 6.43 Å². The molecule has 0 aliphatic rings. The number of hydrogen-bond acceptors (Lipinski definition) is 3. The van der Waals surface area contributed by atoms with E-state index in [0.29, 0.717) is 5.69 Å². The quantitative estimate of drug-likeness (QED) is 0.779. The van der Waals surface area contributed by atoms with E-state index >= 15 is 0 Å². The molecule has 1 aromatic carbocycles. The monoisotopic (exact) mass is 287 g/mol. The molecular formula is C13H15F2NO4. The number of aromatic carboxylic acids is 1. The molecule has 0 heterocycles. The third kappa shape index (κ3) is 4.93. The molecular weight excluding hydrogens is 272 g/mol. The van der Waals surface area contributed by atoms with Crippen molar-refractivity contribution in [2.45, 2.75) is 12.8 Å². The van der Waals surface area contributed by atoms with Crippen LogP contribution in [0.15, 0.2) is 24.3 Å². The van der Waals surface area contributed by atoms with Crippen molar-refractivity contribution in [3.63, 3.8) is 0 Å². The SMILES string of the molecule is CN(C(=O)CCOCC(F)F)c1ccc(C(=O)O)cc1. The van der Waals surface area contributed by atoms with Gasteiger partial charge in [0.05, 0.1) is 18.6 Å². The molecule has 0 saturated carbocycles. The predicted molar refractivity (Wildman–Crippen MR) is 68.3 cm³/mol. The van der Waals surface area contributed by atoms with Gasteiger partial charge in [-0.1, -0.05) is 0 Å². The van der Waals surface area contributed by atoms with Crippen LogP contribution < -0.4 is 4.90 Å². The third-order valence-electron chi connectivity index (χ3n) is 2.58. The van der Waals surface area contributed by atoms with Gasteiger partial charge < -0.3 is 14.7 Å². The minimum atomic E-state index is -2.55. The molecule has 0 bridgehead atoms. The van der Waals surface area contributed by atoms with Gasteiger partial charge in [-0.3, -0.25) is 4.79 Å². The number of carbonyl (C=O) groups excluding carboxylic acids is 1. The molecule has 0 radical (unpaired) electrons. The molecule has 5 nitrogen and oxygen atoms in total. The fraction of sp³-hybridized carbons (Fsp3) is 0.385. The normalized spacial score (nSPS) is 10.6. The Hall–Kier alpha value is -2.02. The van der Waals surface area contributed by atoms with Gasteiger partial charge in [0, 0.05) is 12.7 Å². The maximum Gasteiger partial charge on any atom is 0.335 e. The Labute approximate surface area is 114 Å². The standard InChI is InChI=1S/C13H15F2NO4/c1-16(12(17)6-7-20-8-11(14)15)10-4-2-9(3-5-10)13(18)19/h2-5,11H,6-8H2,1H3,(H,18,19). The second-order valence-corrected chi connectivity index (χ2v) is 4.02. The Bertz CT molecular complexity index is 462. The molecule has 1 amide bonds. The van der Waals surface area contributed by atoms with Crippen LogP contribution in [0.3, 0.4) is 0 Å². The molecule has 0 spiro atoms. The van der Waals surface area contributed by atoms with Crippen LogP contribution in [0, 0.1) is 0 Å². The largest absolute Gasteiger partial charge is 0.478 e. The number of rotatable bonds is 7. The van der Waals surface area contributed by atoms with E-state index in [4.69, 9.17) is 5.11 Å². The number of carboxylic acids is 1. The van der Waals surface area contributed by atoms with Crippen molar-refractivity contribution >= 4 is 17.6 Å². The zero-order valence-electron chi connectivity index (χ0n) is 10.9. The van der Waals surface area contributed by atoms with Crippen LogP contribution in [-0.2, 0) is 9.53 Å². The van der Waals surface area contributed by atoms with Crippen molar-refractivity contribution in [1.82, 2.24) is 0 Å². The number of hydrogen-bond donors (Lipinski definition) is 1. The molecule has 0 atom stereocenters. The van der Waals surface area contributed by atoms with Crippen LogP contribution in [0.5, 0.6) is 0 Å². The van der Waals surface area contributed by atoms with E-state index in [1.165, 1.54) is 36.2 Å². The highest BCUT2D eigenvalue weighted by molar-refractivity contribution is 5.94. The van der Waals surface area contributed by atoms with Crippen molar-refractivity contribution < 1.29 is 28.2 Å². The lowest BCUT2D eigenvalue weighted by Crippen LogP contribution is -2.27. The second-order valence-electron chi connectivity index (χ2n) is 4.02. The van der Waals surface area contributed by atoms with Crippen LogP contribution in [0.2, 0.25) is 0 Å². The summed E-state index contributed by atoms with van der Waals surface area (Å²) in [7, 11) is 1.52. The summed E-state index contributed by atoms with van der Waals surface area (Å²) in [6.45, 7) is -0.773. The lowest BCUT2D eigenvalue weighted by molar-refractivity contribution is -0.119. The van der Waals surface area contributed by atoms with E-state index < -0.39 is 19.0 Å². The van der Waals surface area contributed by atoms with Crippen molar-refractivity contribution in [1.29, 1.82) is 0 Å². The van der Waals surface area contributed by atoms with Crippen LogP contribution in [0.1, 0.15) is 16.8 Å². The lowest BCUT2D eigenvalue weighted by atomic mass is 10.2. The summed E-state index contributed by atoms with van der Waals surface area (Å²) in [4.78, 5) is 23.8. The maximum atomic E-state index is 11.8. The summed E-state index contributed by atoms with van der Waals surface area (Å²) in [6, 6.07) is 5.77. The van der Waals surface area contributed by atoms with E-state index in [2.05, 4.69) is 4.74 Å². The molecule has 0 aliphatic heterocycles. The van der Waals surface area contributed by atoms with Gasteiger partial charge >= 0.3 is 5.97 Å². The zero-order chi connectivity index (χ0) is 15.1. The molecule has 20 heavy (non-hydrogen) atoms. The summed E-state index contributed by atoms with van der Waals surface area (Å²) >= 11 is 0. The van der Waals surface area contributed by atoms with Crippen molar-refractivity contribution in [3.05, 3.63) is 29.8 Å².